The lowest BCUT2D eigenvalue weighted by Gasteiger charge is -2.28. The van der Waals surface area contributed by atoms with Crippen LogP contribution >= 0.6 is 50.5 Å². The van der Waals surface area contributed by atoms with Gasteiger partial charge >= 0.3 is 0 Å². The van der Waals surface area contributed by atoms with Crippen molar-refractivity contribution in [2.45, 2.75) is 32.2 Å². The van der Waals surface area contributed by atoms with Gasteiger partial charge < -0.3 is 5.32 Å². The van der Waals surface area contributed by atoms with Gasteiger partial charge in [-0.05, 0) is 25.8 Å². The summed E-state index contributed by atoms with van der Waals surface area (Å²) in [5.74, 6) is -0.163. The Morgan fingerprint density at radius 3 is 2.65 bits per heavy atom. The Labute approximate surface area is 124 Å². The molecule has 0 spiro atoms. The van der Waals surface area contributed by atoms with Gasteiger partial charge in [0, 0.05) is 10.9 Å². The van der Waals surface area contributed by atoms with Crippen LogP contribution in [0.3, 0.4) is 0 Å². The zero-order chi connectivity index (χ0) is 13.1. The van der Waals surface area contributed by atoms with Gasteiger partial charge in [-0.3, -0.25) is 4.79 Å². The number of thiophene rings is 1. The zero-order valence-corrected chi connectivity index (χ0v) is 13.6. The lowest BCUT2D eigenvalue weighted by molar-refractivity contribution is 0.0902. The highest BCUT2D eigenvalue weighted by Crippen LogP contribution is 2.31. The Hall–Kier alpha value is 0.230. The molecule has 1 aromatic heterocycles. The van der Waals surface area contributed by atoms with Crippen molar-refractivity contribution in [3.63, 3.8) is 0 Å². The quantitative estimate of drug-likeness (QED) is 0.757. The largest absolute Gasteiger partial charge is 0.347 e. The van der Waals surface area contributed by atoms with Crippen molar-refractivity contribution in [1.82, 2.24) is 5.32 Å². The average Bonchev–Trinajstić information content (AvgIpc) is 2.58. The number of carbonyl (C=O) groups is 1. The van der Waals surface area contributed by atoms with E-state index in [1.54, 1.807) is 6.07 Å². The standard InChI is InChI=1S/C11H14BrCl2NOS/c1-3-11(2,4-5-12)15-10(16)7-6-8(13)17-9(7)14/h6H,3-5H2,1-2H3,(H,15,16). The molecule has 1 atom stereocenters. The van der Waals surface area contributed by atoms with E-state index in [4.69, 9.17) is 23.2 Å². The minimum absolute atomic E-state index is 0.163. The van der Waals surface area contributed by atoms with Gasteiger partial charge in [-0.15, -0.1) is 11.3 Å². The molecule has 2 nitrogen and oxygen atoms in total. The summed E-state index contributed by atoms with van der Waals surface area (Å²) in [6, 6.07) is 1.61. The fourth-order valence-corrected chi connectivity index (χ4v) is 3.71. The summed E-state index contributed by atoms with van der Waals surface area (Å²) >= 11 is 16.4. The minimum atomic E-state index is -0.224. The lowest BCUT2D eigenvalue weighted by atomic mass is 9.95. The molecule has 0 saturated carbocycles. The summed E-state index contributed by atoms with van der Waals surface area (Å²) in [5.41, 5.74) is 0.231. The summed E-state index contributed by atoms with van der Waals surface area (Å²) in [6.45, 7) is 4.07. The maximum Gasteiger partial charge on any atom is 0.254 e. The maximum atomic E-state index is 12.1. The van der Waals surface area contributed by atoms with Crippen molar-refractivity contribution >= 4 is 56.4 Å². The molecule has 0 aliphatic rings. The molecule has 0 radical (unpaired) electrons. The number of carbonyl (C=O) groups excluding carboxylic acids is 1. The van der Waals surface area contributed by atoms with Crippen molar-refractivity contribution < 1.29 is 4.79 Å². The van der Waals surface area contributed by atoms with Crippen LogP contribution in [0.2, 0.25) is 8.67 Å². The van der Waals surface area contributed by atoms with Crippen LogP contribution in [-0.2, 0) is 0 Å². The number of hydrogen-bond donors (Lipinski definition) is 1. The first-order chi connectivity index (χ1) is 7.91. The van der Waals surface area contributed by atoms with E-state index < -0.39 is 0 Å². The van der Waals surface area contributed by atoms with Crippen molar-refractivity contribution in [1.29, 1.82) is 0 Å². The third-order valence-corrected chi connectivity index (χ3v) is 4.63. The number of alkyl halides is 1. The predicted octanol–water partition coefficient (Wildman–Crippen LogP) is 4.74. The molecule has 0 aliphatic heterocycles. The average molecular weight is 359 g/mol. The molecule has 1 aromatic rings. The van der Waals surface area contributed by atoms with Gasteiger partial charge in [0.1, 0.15) is 4.34 Å². The Balaban J connectivity index is 2.81. The molecule has 0 aliphatic carbocycles. The van der Waals surface area contributed by atoms with Gasteiger partial charge in [0.05, 0.1) is 9.90 Å². The van der Waals surface area contributed by atoms with E-state index in [2.05, 4.69) is 21.2 Å². The van der Waals surface area contributed by atoms with Gasteiger partial charge in [0.2, 0.25) is 0 Å². The Morgan fingerprint density at radius 1 is 1.59 bits per heavy atom. The van der Waals surface area contributed by atoms with Gasteiger partial charge in [0.15, 0.2) is 0 Å². The van der Waals surface area contributed by atoms with E-state index in [1.165, 1.54) is 11.3 Å². The normalized spacial score (nSPS) is 14.4. The zero-order valence-electron chi connectivity index (χ0n) is 9.65. The van der Waals surface area contributed by atoms with Gasteiger partial charge in [-0.1, -0.05) is 46.1 Å². The molecule has 1 N–H and O–H groups in total. The van der Waals surface area contributed by atoms with Gasteiger partial charge in [0.25, 0.3) is 5.91 Å². The Bertz CT molecular complexity index is 410. The van der Waals surface area contributed by atoms with Crippen molar-refractivity contribution in [2.24, 2.45) is 0 Å². The second-order valence-corrected chi connectivity index (χ2v) is 7.12. The molecule has 1 amide bonds. The van der Waals surface area contributed by atoms with E-state index in [9.17, 15) is 4.79 Å². The molecule has 0 aromatic carbocycles. The third-order valence-electron chi connectivity index (χ3n) is 2.74. The monoisotopic (exact) mass is 357 g/mol. The van der Waals surface area contributed by atoms with E-state index in [0.717, 1.165) is 18.2 Å². The van der Waals surface area contributed by atoms with Crippen molar-refractivity contribution in [3.8, 4) is 0 Å². The minimum Gasteiger partial charge on any atom is -0.347 e. The molecule has 0 fully saturated rings. The second kappa shape index (κ2) is 6.41. The van der Waals surface area contributed by atoms with Crippen LogP contribution in [0.25, 0.3) is 0 Å². The van der Waals surface area contributed by atoms with Crippen molar-refractivity contribution in [3.05, 3.63) is 20.3 Å². The molecule has 1 rings (SSSR count). The Kier molecular flexibility index (Phi) is 5.77. The first-order valence-electron chi connectivity index (χ1n) is 5.25. The first kappa shape index (κ1) is 15.3. The van der Waals surface area contributed by atoms with Gasteiger partial charge in [-0.25, -0.2) is 0 Å². The highest BCUT2D eigenvalue weighted by atomic mass is 79.9. The van der Waals surface area contributed by atoms with E-state index in [0.29, 0.717) is 14.2 Å². The first-order valence-corrected chi connectivity index (χ1v) is 7.94. The summed E-state index contributed by atoms with van der Waals surface area (Å²) < 4.78 is 0.962. The summed E-state index contributed by atoms with van der Waals surface area (Å²) in [6.07, 6.45) is 1.73. The van der Waals surface area contributed by atoms with Crippen molar-refractivity contribution in [2.75, 3.05) is 5.33 Å². The van der Waals surface area contributed by atoms with Crippen LogP contribution < -0.4 is 5.32 Å². The smallest absolute Gasteiger partial charge is 0.254 e. The summed E-state index contributed by atoms with van der Waals surface area (Å²) in [4.78, 5) is 12.1. The Morgan fingerprint density at radius 2 is 2.24 bits per heavy atom. The van der Waals surface area contributed by atoms with Crippen LogP contribution in [-0.4, -0.2) is 16.8 Å². The fourth-order valence-electron chi connectivity index (χ4n) is 1.37. The fraction of sp³-hybridized carbons (Fsp3) is 0.545. The van der Waals surface area contributed by atoms with Crippen LogP contribution in [0.1, 0.15) is 37.0 Å². The molecule has 17 heavy (non-hydrogen) atoms. The molecule has 0 bridgehead atoms. The summed E-state index contributed by atoms with van der Waals surface area (Å²) in [7, 11) is 0. The highest BCUT2D eigenvalue weighted by molar-refractivity contribution is 9.09. The van der Waals surface area contributed by atoms with Crippen LogP contribution in [0.4, 0.5) is 0 Å². The summed E-state index contributed by atoms with van der Waals surface area (Å²) in [5, 5.41) is 3.85. The number of halogens is 3. The molecule has 96 valence electrons. The number of amides is 1. The number of rotatable bonds is 5. The number of hydrogen-bond acceptors (Lipinski definition) is 2. The predicted molar refractivity (Wildman–Crippen MR) is 78.9 cm³/mol. The van der Waals surface area contributed by atoms with Gasteiger partial charge in [-0.2, -0.15) is 0 Å². The highest BCUT2D eigenvalue weighted by Gasteiger charge is 2.25. The van der Waals surface area contributed by atoms with E-state index in [1.807, 2.05) is 13.8 Å². The molecule has 0 saturated heterocycles. The molecule has 1 heterocycles. The van der Waals surface area contributed by atoms with Crippen LogP contribution in [0.5, 0.6) is 0 Å². The van der Waals surface area contributed by atoms with E-state index in [-0.39, 0.29) is 11.4 Å². The lowest BCUT2D eigenvalue weighted by Crippen LogP contribution is -2.45. The molecule has 6 heteroatoms. The third kappa shape index (κ3) is 4.12. The molecule has 1 unspecified atom stereocenters. The second-order valence-electron chi connectivity index (χ2n) is 4.05. The SMILES string of the molecule is CCC(C)(CCBr)NC(=O)c1cc(Cl)sc1Cl. The molecular weight excluding hydrogens is 345 g/mol. The van der Waals surface area contributed by atoms with Crippen LogP contribution in [0.15, 0.2) is 6.07 Å². The topological polar surface area (TPSA) is 29.1 Å². The van der Waals surface area contributed by atoms with Crippen LogP contribution in [0, 0.1) is 0 Å². The van der Waals surface area contributed by atoms with E-state index >= 15 is 0 Å². The molecular formula is C11H14BrCl2NOS. The maximum absolute atomic E-state index is 12.1. The number of nitrogens with one attached hydrogen (secondary N) is 1.